The van der Waals surface area contributed by atoms with Crippen LogP contribution in [0.15, 0.2) is 91.0 Å². The molecule has 0 unspecified atom stereocenters. The SMILES string of the molecule is CC[C@H](C)[C@H](NC(=O)[C@H](CO)CC(=O)[C@H](CC(C)C)NC(=O)[C@H](CC(=O)O)CC(=O)[C@H](CO)NC(=O)[C@@H](CC(=O)[C@H](Cc1ccccc1)NC(=O)[C@@H](CC(=O)CNC(=O)[C@H](CCC(=O)O)CC(=O)CSCC(=O)CCCN1C(=O)c2cccc3cccc(c23)C1=O)[C@@H](C)O)[C@@H](C)O)C(=O)C[C@@H](Cc1ccc(O)cc1)C(=O)N[C@@H](CC(C)C)C(=O)C[C@@H](CC(=O)O)C(=O)N[C@H](C)CCCCN. The Labute approximate surface area is 788 Å². The average Bonchev–Trinajstić information content (AvgIpc) is 0.748. The third kappa shape index (κ3) is 38.2. The summed E-state index contributed by atoms with van der Waals surface area (Å²) >= 11 is 0.935. The minimum Gasteiger partial charge on any atom is -0.508 e. The van der Waals surface area contributed by atoms with Crippen LogP contribution >= 0.6 is 11.8 Å². The van der Waals surface area contributed by atoms with E-state index in [9.17, 15) is 137 Å². The molecule has 1 heterocycles. The largest absolute Gasteiger partial charge is 0.508 e. The first-order valence-electron chi connectivity index (χ1n) is 45.8. The first kappa shape index (κ1) is 114. The van der Waals surface area contributed by atoms with Crippen LogP contribution < -0.4 is 43.0 Å². The van der Waals surface area contributed by atoms with Crippen LogP contribution in [0.2, 0.25) is 0 Å². The van der Waals surface area contributed by atoms with Gasteiger partial charge in [-0.25, -0.2) is 0 Å². The molecule has 38 heteroatoms. The van der Waals surface area contributed by atoms with Crippen molar-refractivity contribution < 1.29 is 137 Å². The number of rotatable bonds is 67. The number of nitrogens with two attached hydrogens (primary N) is 1. The van der Waals surface area contributed by atoms with Gasteiger partial charge in [-0.1, -0.05) is 121 Å². The second-order valence-corrected chi connectivity index (χ2v) is 36.9. The van der Waals surface area contributed by atoms with Gasteiger partial charge in [-0.05, 0) is 137 Å². The van der Waals surface area contributed by atoms with E-state index in [-0.39, 0.29) is 92.9 Å². The number of nitrogens with one attached hydrogen (secondary N) is 7. The molecule has 0 saturated carbocycles. The van der Waals surface area contributed by atoms with Crippen LogP contribution in [0.5, 0.6) is 5.75 Å². The average molecular weight is 1910 g/mol. The van der Waals surface area contributed by atoms with Gasteiger partial charge in [0.25, 0.3) is 11.8 Å². The van der Waals surface area contributed by atoms with Crippen LogP contribution in [0.1, 0.15) is 216 Å². The number of amides is 9. The van der Waals surface area contributed by atoms with Crippen LogP contribution in [-0.4, -0.2) is 256 Å². The topological polar surface area (TPSA) is 617 Å². The standard InChI is InChI=1S/C97H133N9O28S/c1-10-55(6)88(83(119)42-63(37-60-27-30-67(111)31-28-60)91(128)101-75(35-53(2)3)79(115)40-64(44-85(122)123)90(127)100-56(7)19-14-15-33-98)105-93(130)66(49-107)43-80(116)76(36-54(4)5)102-92(129)65(45-86(124)125)41-81(117)78(50-108)104-95(132)74(58(9)110)47-82(118)77(38-59-20-12-11-13-21-59)103-94(131)73(57(8)109)46-69(113)48-99-89(126)62(29-32-84(120)121)39-70(114)52-135-51-68(112)24-18-34-106-96(133)71-25-16-22-61-23-17-26-72(87(61)71)97(106)134/h11-13,16-17,20-23,25-28,30-31,53-58,62-66,73-78,88,107-111H,10,14-15,18-19,24,29,32-52,98H2,1-9H3,(H,99,126)(H,100,127)(H,101,128)(H,102,129)(H,103,131)(H,104,132)(H,105,130)(H,120,121)(H,122,123)(H,124,125)/t55-,56+,57+,58+,62+,63+,64-,65-,66-,73-,74-,75-,76-,77-,78-,88-/m0/s1. The number of thioether (sulfide) groups is 1. The molecule has 0 radical (unpaired) electrons. The molecule has 4 aromatic rings. The van der Waals surface area contributed by atoms with Gasteiger partial charge < -0.3 is 83.8 Å². The number of aromatic hydroxyl groups is 1. The summed E-state index contributed by atoms with van der Waals surface area (Å²) in [5, 5.41) is 102. The number of aliphatic hydroxyl groups is 4. The molecule has 0 spiro atoms. The van der Waals surface area contributed by atoms with Gasteiger partial charge in [-0.2, -0.15) is 0 Å². The number of benzene rings is 4. The van der Waals surface area contributed by atoms with Crippen molar-refractivity contribution >= 4 is 140 Å². The van der Waals surface area contributed by atoms with Crippen molar-refractivity contribution in [1.82, 2.24) is 42.1 Å². The lowest BCUT2D eigenvalue weighted by Crippen LogP contribution is -2.52. The van der Waals surface area contributed by atoms with Gasteiger partial charge in [0.15, 0.2) is 34.7 Å². The predicted molar refractivity (Wildman–Crippen MR) is 495 cm³/mol. The molecule has 0 aromatic heterocycles. The first-order valence-corrected chi connectivity index (χ1v) is 46.9. The number of carboxylic acid groups (broad SMARTS) is 3. The second kappa shape index (κ2) is 57.2. The van der Waals surface area contributed by atoms with Crippen molar-refractivity contribution in [2.75, 3.05) is 44.4 Å². The number of aliphatic carboxylic acids is 3. The lowest BCUT2D eigenvalue weighted by molar-refractivity contribution is -0.143. The Morgan fingerprint density at radius 2 is 0.904 bits per heavy atom. The number of carbonyl (C=O) groups is 20. The van der Waals surface area contributed by atoms with E-state index in [0.717, 1.165) is 35.9 Å². The maximum absolute atomic E-state index is 14.8. The molecule has 0 saturated heterocycles. The molecule has 1 aliphatic rings. The van der Waals surface area contributed by atoms with E-state index in [2.05, 4.69) is 37.2 Å². The Bertz CT molecular complexity index is 4760. The van der Waals surface area contributed by atoms with Crippen molar-refractivity contribution in [3.05, 3.63) is 113 Å². The number of Topliss-reactive ketones (excluding diaryl/α,β-unsaturated/α-hetero) is 8. The molecule has 17 N–H and O–H groups in total. The summed E-state index contributed by atoms with van der Waals surface area (Å²) in [6.07, 6.45) is -9.51. The quantitative estimate of drug-likeness (QED) is 0.0212. The Morgan fingerprint density at radius 3 is 1.41 bits per heavy atom. The number of aliphatic hydroxyl groups excluding tert-OH is 4. The molecule has 0 fully saturated rings. The molecule has 0 bridgehead atoms. The fraction of sp³-hybridized carbons (Fsp3) is 0.567. The highest BCUT2D eigenvalue weighted by Gasteiger charge is 2.42. The molecule has 4 aromatic carbocycles. The summed E-state index contributed by atoms with van der Waals surface area (Å²) < 4.78 is 0. The number of ketones is 8. The summed E-state index contributed by atoms with van der Waals surface area (Å²) in [5.41, 5.74) is 7.25. The third-order valence-corrected chi connectivity index (χ3v) is 24.8. The second-order valence-electron chi connectivity index (χ2n) is 36.0. The summed E-state index contributed by atoms with van der Waals surface area (Å²) in [7, 11) is 0. The Hall–Kier alpha value is -11.7. The molecule has 37 nitrogen and oxygen atoms in total. The predicted octanol–water partition coefficient (Wildman–Crippen LogP) is 4.61. The van der Waals surface area contributed by atoms with Gasteiger partial charge in [0, 0.05) is 98.7 Å². The van der Waals surface area contributed by atoms with E-state index < -0.39 is 291 Å². The van der Waals surface area contributed by atoms with Crippen LogP contribution in [-0.2, 0) is 99.1 Å². The number of hydrogen-bond donors (Lipinski definition) is 16. The smallest absolute Gasteiger partial charge is 0.304 e. The van der Waals surface area contributed by atoms with Gasteiger partial charge in [-0.15, -0.1) is 11.8 Å². The van der Waals surface area contributed by atoms with E-state index in [4.69, 9.17) is 5.73 Å². The summed E-state index contributed by atoms with van der Waals surface area (Å²) in [6, 6.07) is 15.8. The van der Waals surface area contributed by atoms with Gasteiger partial charge in [-0.3, -0.25) is 101 Å². The number of imide groups is 1. The normalized spacial score (nSPS) is 15.5. The number of nitrogens with zero attached hydrogens (tertiary/aromatic N) is 1. The monoisotopic (exact) mass is 1900 g/mol. The Kier molecular flexibility index (Phi) is 48.2. The van der Waals surface area contributed by atoms with E-state index in [1.54, 1.807) is 115 Å². The van der Waals surface area contributed by atoms with Gasteiger partial charge >= 0.3 is 17.9 Å². The minimum absolute atomic E-state index is 0.0381. The highest BCUT2D eigenvalue weighted by atomic mass is 32.2. The molecule has 9 amide bonds. The molecule has 740 valence electrons. The van der Waals surface area contributed by atoms with Crippen LogP contribution in [0.25, 0.3) is 10.8 Å². The number of phenols is 1. The maximum atomic E-state index is 14.8. The lowest BCUT2D eigenvalue weighted by Gasteiger charge is -2.29. The zero-order valence-electron chi connectivity index (χ0n) is 78.0. The van der Waals surface area contributed by atoms with E-state index in [0.29, 0.717) is 53.4 Å². The number of carboxylic acids is 3. The molecular formula is C97H133N9O28S. The fourth-order valence-electron chi connectivity index (χ4n) is 15.9. The maximum Gasteiger partial charge on any atom is 0.304 e. The number of phenolic OH excluding ortho intramolecular Hbond substituents is 1. The fourth-order valence-corrected chi connectivity index (χ4v) is 16.7. The Balaban J connectivity index is 1.23. The molecule has 0 aliphatic carbocycles. The van der Waals surface area contributed by atoms with E-state index in [1.807, 2.05) is 0 Å². The molecule has 16 atom stereocenters. The van der Waals surface area contributed by atoms with Crippen LogP contribution in [0.3, 0.4) is 0 Å². The van der Waals surface area contributed by atoms with E-state index in [1.165, 1.54) is 24.3 Å². The number of hydrogen-bond acceptors (Lipinski definition) is 27. The summed E-state index contributed by atoms with van der Waals surface area (Å²) in [4.78, 5) is 275. The number of unbranched alkanes of at least 4 members (excludes halogenated alkanes) is 1. The van der Waals surface area contributed by atoms with Crippen molar-refractivity contribution in [3.8, 4) is 5.75 Å². The summed E-state index contributed by atoms with van der Waals surface area (Å²) in [6.45, 7) is 11.6. The highest BCUT2D eigenvalue weighted by Crippen LogP contribution is 2.32. The van der Waals surface area contributed by atoms with Gasteiger partial charge in [0.05, 0.1) is 110 Å². The van der Waals surface area contributed by atoms with Gasteiger partial charge in [0.2, 0.25) is 41.4 Å². The highest BCUT2D eigenvalue weighted by molar-refractivity contribution is 8.00. The first-order chi connectivity index (χ1) is 63.8. The zero-order chi connectivity index (χ0) is 101. The minimum atomic E-state index is -1.96. The van der Waals surface area contributed by atoms with Crippen molar-refractivity contribution in [2.24, 2.45) is 64.9 Å². The molecule has 5 rings (SSSR count). The van der Waals surface area contributed by atoms with Gasteiger partial charge in [0.1, 0.15) is 23.4 Å². The zero-order valence-corrected chi connectivity index (χ0v) is 78.8. The van der Waals surface area contributed by atoms with Crippen LogP contribution in [0.4, 0.5) is 0 Å². The number of carbonyl (C=O) groups excluding carboxylic acids is 17. The van der Waals surface area contributed by atoms with Crippen LogP contribution in [0, 0.1) is 59.2 Å². The molecule has 135 heavy (non-hydrogen) atoms. The van der Waals surface area contributed by atoms with E-state index >= 15 is 0 Å². The molecular weight excluding hydrogens is 1770 g/mol. The van der Waals surface area contributed by atoms with Crippen molar-refractivity contribution in [3.63, 3.8) is 0 Å². The third-order valence-electron chi connectivity index (χ3n) is 23.7. The van der Waals surface area contributed by atoms with Crippen molar-refractivity contribution in [2.45, 2.75) is 246 Å². The lowest BCUT2D eigenvalue weighted by atomic mass is 9.85. The Morgan fingerprint density at radius 1 is 0.422 bits per heavy atom. The summed E-state index contributed by atoms with van der Waals surface area (Å²) in [5.74, 6) is -30.8. The van der Waals surface area contributed by atoms with Crippen molar-refractivity contribution in [1.29, 1.82) is 0 Å². The molecule has 1 aliphatic heterocycles.